The van der Waals surface area contributed by atoms with Crippen LogP contribution in [0.25, 0.3) is 11.1 Å². The molecular weight excluding hydrogens is 210 g/mol. The van der Waals surface area contributed by atoms with E-state index in [1.165, 1.54) is 16.7 Å². The molecule has 0 aromatic heterocycles. The second kappa shape index (κ2) is 4.22. The minimum Gasteiger partial charge on any atom is -0.507 e. The summed E-state index contributed by atoms with van der Waals surface area (Å²) in [6.07, 6.45) is 1.03. The molecule has 0 saturated heterocycles. The number of rotatable bonds is 1. The van der Waals surface area contributed by atoms with Gasteiger partial charge in [-0.25, -0.2) is 0 Å². The maximum Gasteiger partial charge on any atom is 0.123 e. The van der Waals surface area contributed by atoms with E-state index < -0.39 is 0 Å². The van der Waals surface area contributed by atoms with Crippen LogP contribution in [0.4, 0.5) is 0 Å². The summed E-state index contributed by atoms with van der Waals surface area (Å²) in [5.41, 5.74) is 4.82. The lowest BCUT2D eigenvalue weighted by Gasteiger charge is -2.20. The van der Waals surface area contributed by atoms with Crippen LogP contribution >= 0.6 is 0 Å². The lowest BCUT2D eigenvalue weighted by Crippen LogP contribution is -2.24. The summed E-state index contributed by atoms with van der Waals surface area (Å²) in [7, 11) is 0. The van der Waals surface area contributed by atoms with E-state index in [0.29, 0.717) is 5.75 Å². The van der Waals surface area contributed by atoms with Crippen molar-refractivity contribution in [3.05, 3.63) is 53.6 Å². The zero-order chi connectivity index (χ0) is 11.7. The van der Waals surface area contributed by atoms with Gasteiger partial charge in [-0.1, -0.05) is 36.4 Å². The Bertz CT molecular complexity index is 548. The summed E-state index contributed by atoms with van der Waals surface area (Å²) in [6, 6.07) is 13.9. The van der Waals surface area contributed by atoms with Gasteiger partial charge in [0.1, 0.15) is 5.75 Å². The first-order chi connectivity index (χ1) is 8.36. The lowest BCUT2D eigenvalue weighted by molar-refractivity contribution is 0.477. The molecular formula is C15H15NO. The summed E-state index contributed by atoms with van der Waals surface area (Å²) >= 11 is 0. The monoisotopic (exact) mass is 225 g/mol. The van der Waals surface area contributed by atoms with Crippen molar-refractivity contribution in [1.29, 1.82) is 0 Å². The Morgan fingerprint density at radius 3 is 2.65 bits per heavy atom. The van der Waals surface area contributed by atoms with Gasteiger partial charge in [0.15, 0.2) is 0 Å². The second-order valence-corrected chi connectivity index (χ2v) is 4.39. The molecule has 2 aromatic carbocycles. The summed E-state index contributed by atoms with van der Waals surface area (Å²) in [5.74, 6) is 0.361. The quantitative estimate of drug-likeness (QED) is 0.782. The van der Waals surface area contributed by atoms with Gasteiger partial charge in [0, 0.05) is 12.1 Å². The van der Waals surface area contributed by atoms with Crippen LogP contribution in [0.3, 0.4) is 0 Å². The fourth-order valence-electron chi connectivity index (χ4n) is 2.49. The van der Waals surface area contributed by atoms with E-state index >= 15 is 0 Å². The van der Waals surface area contributed by atoms with Crippen LogP contribution in [0, 0.1) is 0 Å². The van der Waals surface area contributed by atoms with Crippen LogP contribution in [-0.2, 0) is 13.0 Å². The Hall–Kier alpha value is -1.80. The van der Waals surface area contributed by atoms with Crippen molar-refractivity contribution in [2.24, 2.45) is 0 Å². The molecule has 1 heterocycles. The average Bonchev–Trinajstić information content (AvgIpc) is 2.39. The van der Waals surface area contributed by atoms with E-state index in [9.17, 15) is 5.11 Å². The third-order valence-corrected chi connectivity index (χ3v) is 3.33. The third-order valence-electron chi connectivity index (χ3n) is 3.33. The number of hydrogen-bond acceptors (Lipinski definition) is 2. The number of nitrogens with one attached hydrogen (secondary N) is 1. The van der Waals surface area contributed by atoms with Crippen molar-refractivity contribution in [1.82, 2.24) is 5.32 Å². The molecule has 0 fully saturated rings. The molecule has 86 valence electrons. The summed E-state index contributed by atoms with van der Waals surface area (Å²) in [5, 5.41) is 13.3. The molecule has 2 heteroatoms. The minimum atomic E-state index is 0.361. The van der Waals surface area contributed by atoms with Crippen LogP contribution in [0.5, 0.6) is 5.75 Å². The molecule has 2 nitrogen and oxygen atoms in total. The van der Waals surface area contributed by atoms with Gasteiger partial charge < -0.3 is 10.4 Å². The van der Waals surface area contributed by atoms with Gasteiger partial charge in [-0.05, 0) is 35.7 Å². The maximum atomic E-state index is 9.95. The zero-order valence-electron chi connectivity index (χ0n) is 9.61. The third kappa shape index (κ3) is 1.81. The van der Waals surface area contributed by atoms with Crippen molar-refractivity contribution >= 4 is 0 Å². The first-order valence-electron chi connectivity index (χ1n) is 5.96. The van der Waals surface area contributed by atoms with Crippen molar-refractivity contribution in [2.75, 3.05) is 6.54 Å². The van der Waals surface area contributed by atoms with Gasteiger partial charge in [-0.3, -0.25) is 0 Å². The smallest absolute Gasteiger partial charge is 0.123 e. The molecule has 0 spiro atoms. The second-order valence-electron chi connectivity index (χ2n) is 4.39. The Balaban J connectivity index is 2.18. The van der Waals surface area contributed by atoms with Crippen LogP contribution in [-0.4, -0.2) is 11.7 Å². The highest BCUT2D eigenvalue weighted by atomic mass is 16.3. The van der Waals surface area contributed by atoms with E-state index in [1.807, 2.05) is 18.2 Å². The van der Waals surface area contributed by atoms with E-state index in [-0.39, 0.29) is 0 Å². The number of phenols is 1. The van der Waals surface area contributed by atoms with E-state index in [2.05, 4.69) is 23.5 Å². The van der Waals surface area contributed by atoms with Gasteiger partial charge in [0.25, 0.3) is 0 Å². The highest BCUT2D eigenvalue weighted by Crippen LogP contribution is 2.33. The van der Waals surface area contributed by atoms with Crippen LogP contribution < -0.4 is 5.32 Å². The predicted molar refractivity (Wildman–Crippen MR) is 69.0 cm³/mol. The Labute approximate surface area is 101 Å². The molecule has 0 amide bonds. The van der Waals surface area contributed by atoms with E-state index in [0.717, 1.165) is 25.1 Å². The minimum absolute atomic E-state index is 0.361. The first kappa shape index (κ1) is 10.4. The Kier molecular flexibility index (Phi) is 2.57. The summed E-state index contributed by atoms with van der Waals surface area (Å²) < 4.78 is 0. The molecule has 0 aliphatic carbocycles. The Morgan fingerprint density at radius 1 is 0.941 bits per heavy atom. The van der Waals surface area contributed by atoms with Gasteiger partial charge in [-0.15, -0.1) is 0 Å². The van der Waals surface area contributed by atoms with E-state index in [4.69, 9.17) is 0 Å². The fraction of sp³-hybridized carbons (Fsp3) is 0.200. The number of fused-ring (bicyclic) bond motifs is 1. The van der Waals surface area contributed by atoms with Gasteiger partial charge >= 0.3 is 0 Å². The normalized spacial score (nSPS) is 14.4. The molecule has 2 N–H and O–H groups in total. The highest BCUT2D eigenvalue weighted by molar-refractivity contribution is 5.74. The van der Waals surface area contributed by atoms with Gasteiger partial charge in [-0.2, -0.15) is 0 Å². The average molecular weight is 225 g/mol. The highest BCUT2D eigenvalue weighted by Gasteiger charge is 2.14. The van der Waals surface area contributed by atoms with Gasteiger partial charge in [0.05, 0.1) is 0 Å². The SMILES string of the molecule is Oc1ccccc1-c1cccc2c1CCNC2. The number of para-hydroxylation sites is 1. The number of benzene rings is 2. The zero-order valence-corrected chi connectivity index (χ0v) is 9.61. The van der Waals surface area contributed by atoms with Gasteiger partial charge in [0.2, 0.25) is 0 Å². The molecule has 3 rings (SSSR count). The van der Waals surface area contributed by atoms with Crippen molar-refractivity contribution in [2.45, 2.75) is 13.0 Å². The molecule has 0 saturated carbocycles. The standard InChI is InChI=1S/C15H15NO/c17-15-7-2-1-5-14(15)13-6-3-4-11-10-16-9-8-12(11)13/h1-7,16-17H,8-10H2. The molecule has 17 heavy (non-hydrogen) atoms. The molecule has 0 radical (unpaired) electrons. The number of aromatic hydroxyl groups is 1. The van der Waals surface area contributed by atoms with E-state index in [1.54, 1.807) is 6.07 Å². The predicted octanol–water partition coefficient (Wildman–Crippen LogP) is 2.70. The molecule has 1 aliphatic heterocycles. The molecule has 0 bridgehead atoms. The fourth-order valence-corrected chi connectivity index (χ4v) is 2.49. The van der Waals surface area contributed by atoms with Crippen LogP contribution in [0.2, 0.25) is 0 Å². The first-order valence-corrected chi connectivity index (χ1v) is 5.96. The molecule has 0 unspecified atom stereocenters. The topological polar surface area (TPSA) is 32.3 Å². The lowest BCUT2D eigenvalue weighted by atomic mass is 9.91. The van der Waals surface area contributed by atoms with Crippen molar-refractivity contribution in [3.63, 3.8) is 0 Å². The number of phenolic OH excluding ortho intramolecular Hbond substituents is 1. The van der Waals surface area contributed by atoms with Crippen LogP contribution in [0.15, 0.2) is 42.5 Å². The largest absolute Gasteiger partial charge is 0.507 e. The molecule has 0 atom stereocenters. The summed E-state index contributed by atoms with van der Waals surface area (Å²) in [6.45, 7) is 1.94. The Morgan fingerprint density at radius 2 is 1.76 bits per heavy atom. The number of hydrogen-bond donors (Lipinski definition) is 2. The molecule has 1 aliphatic rings. The van der Waals surface area contributed by atoms with Crippen molar-refractivity contribution < 1.29 is 5.11 Å². The maximum absolute atomic E-state index is 9.95. The summed E-state index contributed by atoms with van der Waals surface area (Å²) in [4.78, 5) is 0. The van der Waals surface area contributed by atoms with Crippen molar-refractivity contribution in [3.8, 4) is 16.9 Å². The van der Waals surface area contributed by atoms with Crippen LogP contribution in [0.1, 0.15) is 11.1 Å². The molecule has 2 aromatic rings.